The Morgan fingerprint density at radius 2 is 2.11 bits per heavy atom. The van der Waals surface area contributed by atoms with Crippen LogP contribution in [0.4, 0.5) is 8.78 Å². The summed E-state index contributed by atoms with van der Waals surface area (Å²) in [6, 6.07) is 5.33. The Bertz CT molecular complexity index is 397. The van der Waals surface area contributed by atoms with E-state index >= 15 is 0 Å². The summed E-state index contributed by atoms with van der Waals surface area (Å²) < 4.78 is 31.1. The normalized spacial score (nSPS) is 13.4. The maximum atomic E-state index is 12.9. The highest BCUT2D eigenvalue weighted by Crippen LogP contribution is 2.26. The van der Waals surface area contributed by atoms with E-state index in [2.05, 4.69) is 5.32 Å². The van der Waals surface area contributed by atoms with Crippen LogP contribution in [0.2, 0.25) is 0 Å². The fraction of sp³-hybridized carbons (Fsp3) is 0.538. The molecule has 1 atom stereocenters. The Balaban J connectivity index is 2.77. The lowest BCUT2D eigenvalue weighted by Crippen LogP contribution is -2.37. The second-order valence-electron chi connectivity index (χ2n) is 4.36. The lowest BCUT2D eigenvalue weighted by atomic mass is 10.0. The summed E-state index contributed by atoms with van der Waals surface area (Å²) in [5.41, 5.74) is 1.86. The van der Waals surface area contributed by atoms with Crippen LogP contribution in [-0.2, 0) is 0 Å². The van der Waals surface area contributed by atoms with E-state index in [0.29, 0.717) is 5.75 Å². The summed E-state index contributed by atoms with van der Waals surface area (Å²) in [6.45, 7) is 1.99. The molecule has 2 N–H and O–H groups in total. The second kappa shape index (κ2) is 6.11. The standard InChI is InChI=1S/C13H19F2NO2/c1-9-4-5-12(18-3)11(6-9)10(2)16-7-13(14,15)8-17/h4-6,10,16-17H,7-8H2,1-3H3. The monoisotopic (exact) mass is 259 g/mol. The van der Waals surface area contributed by atoms with Crippen LogP contribution in [0, 0.1) is 6.92 Å². The van der Waals surface area contributed by atoms with E-state index in [-0.39, 0.29) is 6.04 Å². The Morgan fingerprint density at radius 1 is 1.44 bits per heavy atom. The maximum absolute atomic E-state index is 12.9. The topological polar surface area (TPSA) is 41.5 Å². The van der Waals surface area contributed by atoms with Crippen molar-refractivity contribution in [2.24, 2.45) is 0 Å². The van der Waals surface area contributed by atoms with Crippen LogP contribution in [0.1, 0.15) is 24.1 Å². The largest absolute Gasteiger partial charge is 0.496 e. The average molecular weight is 259 g/mol. The number of aryl methyl sites for hydroxylation is 1. The van der Waals surface area contributed by atoms with Gasteiger partial charge in [-0.05, 0) is 19.9 Å². The molecule has 0 saturated carbocycles. The van der Waals surface area contributed by atoms with Crippen molar-refractivity contribution in [1.82, 2.24) is 5.32 Å². The molecule has 1 aromatic carbocycles. The molecule has 0 fully saturated rings. The maximum Gasteiger partial charge on any atom is 0.282 e. The molecular formula is C13H19F2NO2. The van der Waals surface area contributed by atoms with E-state index < -0.39 is 19.1 Å². The van der Waals surface area contributed by atoms with Gasteiger partial charge in [0.25, 0.3) is 5.92 Å². The third kappa shape index (κ3) is 3.92. The van der Waals surface area contributed by atoms with Gasteiger partial charge in [-0.15, -0.1) is 0 Å². The van der Waals surface area contributed by atoms with Crippen molar-refractivity contribution < 1.29 is 18.6 Å². The summed E-state index contributed by atoms with van der Waals surface area (Å²) in [7, 11) is 1.54. The van der Waals surface area contributed by atoms with E-state index in [4.69, 9.17) is 9.84 Å². The van der Waals surface area contributed by atoms with Crippen molar-refractivity contribution in [3.63, 3.8) is 0 Å². The summed E-state index contributed by atoms with van der Waals surface area (Å²) in [6.07, 6.45) is 0. The van der Waals surface area contributed by atoms with Crippen LogP contribution >= 0.6 is 0 Å². The fourth-order valence-corrected chi connectivity index (χ4v) is 1.66. The molecule has 102 valence electrons. The van der Waals surface area contributed by atoms with Gasteiger partial charge in [0.15, 0.2) is 0 Å². The zero-order valence-corrected chi connectivity index (χ0v) is 10.8. The first-order valence-electron chi connectivity index (χ1n) is 5.76. The molecule has 0 aliphatic carbocycles. The van der Waals surface area contributed by atoms with Gasteiger partial charge < -0.3 is 15.2 Å². The molecule has 0 aliphatic rings. The Hall–Kier alpha value is -1.20. The van der Waals surface area contributed by atoms with Gasteiger partial charge in [0.1, 0.15) is 12.4 Å². The van der Waals surface area contributed by atoms with E-state index in [1.54, 1.807) is 14.0 Å². The van der Waals surface area contributed by atoms with Crippen molar-refractivity contribution in [2.45, 2.75) is 25.8 Å². The van der Waals surface area contributed by atoms with Gasteiger partial charge in [-0.2, -0.15) is 0 Å². The minimum Gasteiger partial charge on any atom is -0.496 e. The SMILES string of the molecule is COc1ccc(C)cc1C(C)NCC(F)(F)CO. The minimum absolute atomic E-state index is 0.280. The van der Waals surface area contributed by atoms with Crippen molar-refractivity contribution in [2.75, 3.05) is 20.3 Å². The molecular weight excluding hydrogens is 240 g/mol. The van der Waals surface area contributed by atoms with Crippen LogP contribution in [0.5, 0.6) is 5.75 Å². The van der Waals surface area contributed by atoms with Crippen molar-refractivity contribution in [3.8, 4) is 5.75 Å². The lowest BCUT2D eigenvalue weighted by molar-refractivity contribution is -0.0491. The Morgan fingerprint density at radius 3 is 2.67 bits per heavy atom. The molecule has 1 rings (SSSR count). The third-order valence-corrected chi connectivity index (χ3v) is 2.75. The number of halogens is 2. The van der Waals surface area contributed by atoms with Crippen molar-refractivity contribution in [1.29, 1.82) is 0 Å². The zero-order valence-electron chi connectivity index (χ0n) is 10.8. The number of nitrogens with one attached hydrogen (secondary N) is 1. The molecule has 18 heavy (non-hydrogen) atoms. The first-order valence-corrected chi connectivity index (χ1v) is 5.76. The first kappa shape index (κ1) is 14.9. The number of hydrogen-bond donors (Lipinski definition) is 2. The van der Waals surface area contributed by atoms with Crippen LogP contribution in [0.3, 0.4) is 0 Å². The molecule has 1 unspecified atom stereocenters. The number of aliphatic hydroxyl groups excluding tert-OH is 1. The van der Waals surface area contributed by atoms with Gasteiger partial charge >= 0.3 is 0 Å². The molecule has 3 nitrogen and oxygen atoms in total. The van der Waals surface area contributed by atoms with Gasteiger partial charge in [-0.3, -0.25) is 0 Å². The first-order chi connectivity index (χ1) is 8.39. The minimum atomic E-state index is -3.11. The van der Waals surface area contributed by atoms with Crippen LogP contribution in [-0.4, -0.2) is 31.3 Å². The van der Waals surface area contributed by atoms with E-state index in [0.717, 1.165) is 11.1 Å². The van der Waals surface area contributed by atoms with Gasteiger partial charge in [-0.25, -0.2) is 8.78 Å². The predicted molar refractivity (Wildman–Crippen MR) is 66.2 cm³/mol. The van der Waals surface area contributed by atoms with Crippen LogP contribution in [0.15, 0.2) is 18.2 Å². The van der Waals surface area contributed by atoms with Crippen molar-refractivity contribution in [3.05, 3.63) is 29.3 Å². The van der Waals surface area contributed by atoms with E-state index in [9.17, 15) is 8.78 Å². The summed E-state index contributed by atoms with van der Waals surface area (Å²) in [4.78, 5) is 0. The smallest absolute Gasteiger partial charge is 0.282 e. The molecule has 1 aromatic rings. The average Bonchev–Trinajstić information content (AvgIpc) is 2.36. The van der Waals surface area contributed by atoms with Crippen LogP contribution < -0.4 is 10.1 Å². The Kier molecular flexibility index (Phi) is 5.04. The Labute approximate surface area is 106 Å². The number of rotatable bonds is 6. The highest BCUT2D eigenvalue weighted by atomic mass is 19.3. The molecule has 0 radical (unpaired) electrons. The van der Waals surface area contributed by atoms with Crippen LogP contribution in [0.25, 0.3) is 0 Å². The molecule has 0 heterocycles. The number of alkyl halides is 2. The number of ether oxygens (including phenoxy) is 1. The molecule has 0 spiro atoms. The summed E-state index contributed by atoms with van der Waals surface area (Å²) >= 11 is 0. The van der Waals surface area contributed by atoms with Crippen molar-refractivity contribution >= 4 is 0 Å². The van der Waals surface area contributed by atoms with E-state index in [1.807, 2.05) is 25.1 Å². The molecule has 0 amide bonds. The second-order valence-corrected chi connectivity index (χ2v) is 4.36. The predicted octanol–water partition coefficient (Wildman–Crippen LogP) is 2.28. The fourth-order valence-electron chi connectivity index (χ4n) is 1.66. The van der Waals surface area contributed by atoms with Gasteiger partial charge in [0, 0.05) is 11.6 Å². The molecule has 0 saturated heterocycles. The summed E-state index contributed by atoms with van der Waals surface area (Å²) in [5, 5.41) is 11.2. The highest BCUT2D eigenvalue weighted by molar-refractivity contribution is 5.38. The number of benzene rings is 1. The van der Waals surface area contributed by atoms with Gasteiger partial charge in [0.2, 0.25) is 0 Å². The van der Waals surface area contributed by atoms with Gasteiger partial charge in [-0.1, -0.05) is 17.7 Å². The molecule has 0 bridgehead atoms. The zero-order chi connectivity index (χ0) is 13.8. The summed E-state index contributed by atoms with van der Waals surface area (Å²) in [5.74, 6) is -2.45. The third-order valence-electron chi connectivity index (χ3n) is 2.75. The number of aliphatic hydroxyl groups is 1. The van der Waals surface area contributed by atoms with E-state index in [1.165, 1.54) is 0 Å². The number of methoxy groups -OCH3 is 1. The molecule has 0 aliphatic heterocycles. The lowest BCUT2D eigenvalue weighted by Gasteiger charge is -2.21. The quantitative estimate of drug-likeness (QED) is 0.823. The number of hydrogen-bond acceptors (Lipinski definition) is 3. The highest BCUT2D eigenvalue weighted by Gasteiger charge is 2.28. The molecule has 5 heteroatoms. The molecule has 0 aromatic heterocycles. The van der Waals surface area contributed by atoms with Gasteiger partial charge in [0.05, 0.1) is 13.7 Å².